The maximum atomic E-state index is 11.7. The van der Waals surface area contributed by atoms with Crippen molar-refractivity contribution in [3.8, 4) is 0 Å². The molecular formula is C11H15N5O. The molecule has 0 radical (unpaired) electrons. The van der Waals surface area contributed by atoms with Crippen LogP contribution in [0.1, 0.15) is 5.82 Å². The third-order valence-electron chi connectivity index (χ3n) is 2.63. The van der Waals surface area contributed by atoms with Gasteiger partial charge in [-0.05, 0) is 6.92 Å². The van der Waals surface area contributed by atoms with E-state index in [1.165, 1.54) is 10.7 Å². The van der Waals surface area contributed by atoms with Gasteiger partial charge in [0, 0.05) is 32.1 Å². The molecule has 0 aromatic carbocycles. The number of aromatic nitrogens is 4. The Morgan fingerprint density at radius 2 is 2.24 bits per heavy atom. The van der Waals surface area contributed by atoms with E-state index in [2.05, 4.69) is 15.4 Å². The molecule has 0 saturated carbocycles. The second-order valence-corrected chi connectivity index (χ2v) is 3.72. The summed E-state index contributed by atoms with van der Waals surface area (Å²) in [6, 6.07) is 1.54. The molecule has 0 spiro atoms. The Morgan fingerprint density at radius 1 is 1.41 bits per heavy atom. The van der Waals surface area contributed by atoms with Gasteiger partial charge >= 0.3 is 0 Å². The lowest BCUT2D eigenvalue weighted by atomic mass is 10.4. The van der Waals surface area contributed by atoms with Gasteiger partial charge in [0.15, 0.2) is 0 Å². The molecule has 0 aliphatic carbocycles. The van der Waals surface area contributed by atoms with Crippen molar-refractivity contribution in [2.24, 2.45) is 0 Å². The molecule has 1 N–H and O–H groups in total. The quantitative estimate of drug-likeness (QED) is 0.834. The zero-order chi connectivity index (χ0) is 12.3. The topological polar surface area (TPSA) is 64.7 Å². The predicted octanol–water partition coefficient (Wildman–Crippen LogP) is 0.490. The molecule has 0 saturated heterocycles. The van der Waals surface area contributed by atoms with E-state index >= 15 is 0 Å². The van der Waals surface area contributed by atoms with Gasteiger partial charge in [0.05, 0.1) is 18.4 Å². The van der Waals surface area contributed by atoms with Crippen LogP contribution in [-0.4, -0.2) is 26.4 Å². The highest BCUT2D eigenvalue weighted by molar-refractivity contribution is 5.37. The van der Waals surface area contributed by atoms with Crippen molar-refractivity contribution in [2.45, 2.75) is 20.0 Å². The van der Waals surface area contributed by atoms with Crippen LogP contribution in [-0.2, 0) is 13.1 Å². The van der Waals surface area contributed by atoms with Gasteiger partial charge in [-0.25, -0.2) is 9.67 Å². The first-order valence-electron chi connectivity index (χ1n) is 5.43. The second-order valence-electron chi connectivity index (χ2n) is 3.72. The van der Waals surface area contributed by atoms with Gasteiger partial charge in [0.1, 0.15) is 5.82 Å². The van der Waals surface area contributed by atoms with E-state index in [1.807, 2.05) is 17.7 Å². The zero-order valence-corrected chi connectivity index (χ0v) is 9.92. The molecule has 2 rings (SSSR count). The largest absolute Gasteiger partial charge is 0.387 e. The number of aryl methyl sites for hydroxylation is 3. The number of hydrogen-bond acceptors (Lipinski definition) is 4. The highest BCUT2D eigenvalue weighted by Crippen LogP contribution is 1.98. The van der Waals surface area contributed by atoms with E-state index < -0.39 is 0 Å². The second kappa shape index (κ2) is 4.82. The molecule has 0 bridgehead atoms. The van der Waals surface area contributed by atoms with E-state index in [9.17, 15) is 4.79 Å². The van der Waals surface area contributed by atoms with Crippen LogP contribution in [0.15, 0.2) is 29.5 Å². The number of rotatable bonds is 4. The monoisotopic (exact) mass is 233 g/mol. The molecule has 2 heterocycles. The normalized spacial score (nSPS) is 10.5. The van der Waals surface area contributed by atoms with E-state index in [1.54, 1.807) is 19.4 Å². The van der Waals surface area contributed by atoms with Crippen molar-refractivity contribution in [1.82, 2.24) is 19.3 Å². The molecule has 0 aliphatic rings. The first kappa shape index (κ1) is 11.4. The summed E-state index contributed by atoms with van der Waals surface area (Å²) in [6.07, 6.45) is 5.28. The Morgan fingerprint density at radius 3 is 2.82 bits per heavy atom. The van der Waals surface area contributed by atoms with Crippen LogP contribution in [0.4, 0.5) is 5.69 Å². The van der Waals surface area contributed by atoms with Crippen LogP contribution in [0, 0.1) is 6.92 Å². The number of nitrogens with zero attached hydrogens (tertiary/aromatic N) is 4. The minimum Gasteiger partial charge on any atom is -0.387 e. The highest BCUT2D eigenvalue weighted by atomic mass is 16.1. The van der Waals surface area contributed by atoms with Crippen LogP contribution in [0.2, 0.25) is 0 Å². The van der Waals surface area contributed by atoms with Gasteiger partial charge in [0.2, 0.25) is 0 Å². The molecule has 2 aromatic heterocycles. The predicted molar refractivity (Wildman–Crippen MR) is 65.0 cm³/mol. The summed E-state index contributed by atoms with van der Waals surface area (Å²) in [5.74, 6) is 0.935. The smallest absolute Gasteiger partial charge is 0.268 e. The zero-order valence-electron chi connectivity index (χ0n) is 9.92. The summed E-state index contributed by atoms with van der Waals surface area (Å²) >= 11 is 0. The van der Waals surface area contributed by atoms with Gasteiger partial charge in [-0.2, -0.15) is 5.10 Å². The lowest BCUT2D eigenvalue weighted by Crippen LogP contribution is -2.24. The fourth-order valence-electron chi connectivity index (χ4n) is 1.58. The minimum atomic E-state index is -0.102. The number of imidazole rings is 1. The van der Waals surface area contributed by atoms with Crippen LogP contribution in [0.25, 0.3) is 0 Å². The Bertz CT molecular complexity index is 557. The van der Waals surface area contributed by atoms with Crippen molar-refractivity contribution in [1.29, 1.82) is 0 Å². The van der Waals surface area contributed by atoms with Crippen LogP contribution in [0.5, 0.6) is 0 Å². The molecule has 0 unspecified atom stereocenters. The average molecular weight is 233 g/mol. The van der Waals surface area contributed by atoms with Crippen LogP contribution in [0.3, 0.4) is 0 Å². The molecule has 0 amide bonds. The molecule has 2 aromatic rings. The maximum absolute atomic E-state index is 11.7. The van der Waals surface area contributed by atoms with E-state index in [0.717, 1.165) is 11.5 Å². The summed E-state index contributed by atoms with van der Waals surface area (Å²) in [6.45, 7) is 3.16. The molecular weight excluding hydrogens is 218 g/mol. The molecule has 6 nitrogen and oxygen atoms in total. The summed E-state index contributed by atoms with van der Waals surface area (Å²) < 4.78 is 3.43. The van der Waals surface area contributed by atoms with E-state index in [-0.39, 0.29) is 5.56 Å². The third-order valence-corrected chi connectivity index (χ3v) is 2.63. The van der Waals surface area contributed by atoms with E-state index in [4.69, 9.17) is 0 Å². The summed E-state index contributed by atoms with van der Waals surface area (Å²) in [7, 11) is 1.76. The van der Waals surface area contributed by atoms with Crippen molar-refractivity contribution in [3.63, 3.8) is 0 Å². The maximum Gasteiger partial charge on any atom is 0.268 e. The molecule has 0 fully saturated rings. The minimum absolute atomic E-state index is 0.102. The summed E-state index contributed by atoms with van der Waals surface area (Å²) in [4.78, 5) is 15.8. The lowest BCUT2D eigenvalue weighted by Gasteiger charge is -2.07. The van der Waals surface area contributed by atoms with Gasteiger partial charge in [-0.1, -0.05) is 0 Å². The Hall–Kier alpha value is -2.11. The molecule has 17 heavy (non-hydrogen) atoms. The third kappa shape index (κ3) is 2.52. The Balaban J connectivity index is 2.10. The fraction of sp³-hybridized carbons (Fsp3) is 0.364. The van der Waals surface area contributed by atoms with Gasteiger partial charge in [-0.3, -0.25) is 4.79 Å². The SMILES string of the molecule is CNc1cnn(CCn2ccnc2C)c(=O)c1. The van der Waals surface area contributed by atoms with Crippen molar-refractivity contribution in [2.75, 3.05) is 12.4 Å². The standard InChI is InChI=1S/C11H15N5O/c1-9-13-3-4-15(9)5-6-16-11(17)7-10(12-2)8-14-16/h3-4,7-8,12H,5-6H2,1-2H3. The van der Waals surface area contributed by atoms with Crippen molar-refractivity contribution in [3.05, 3.63) is 40.8 Å². The summed E-state index contributed by atoms with van der Waals surface area (Å²) in [5.41, 5.74) is 0.625. The molecule has 6 heteroatoms. The van der Waals surface area contributed by atoms with Crippen molar-refractivity contribution < 1.29 is 0 Å². The first-order valence-corrected chi connectivity index (χ1v) is 5.43. The average Bonchev–Trinajstić information content (AvgIpc) is 2.73. The fourth-order valence-corrected chi connectivity index (χ4v) is 1.58. The number of nitrogens with one attached hydrogen (secondary N) is 1. The van der Waals surface area contributed by atoms with Crippen LogP contribution >= 0.6 is 0 Å². The Kier molecular flexibility index (Phi) is 3.22. The Labute approximate surface area is 98.9 Å². The van der Waals surface area contributed by atoms with Gasteiger partial charge in [0.25, 0.3) is 5.56 Å². The van der Waals surface area contributed by atoms with Crippen LogP contribution < -0.4 is 10.9 Å². The van der Waals surface area contributed by atoms with Gasteiger partial charge < -0.3 is 9.88 Å². The first-order chi connectivity index (χ1) is 8.20. The highest BCUT2D eigenvalue weighted by Gasteiger charge is 2.01. The van der Waals surface area contributed by atoms with Crippen molar-refractivity contribution >= 4 is 5.69 Å². The lowest BCUT2D eigenvalue weighted by molar-refractivity contribution is 0.505. The number of anilines is 1. The van der Waals surface area contributed by atoms with E-state index in [0.29, 0.717) is 13.1 Å². The molecule has 90 valence electrons. The number of hydrogen-bond donors (Lipinski definition) is 1. The van der Waals surface area contributed by atoms with Gasteiger partial charge in [-0.15, -0.1) is 0 Å². The summed E-state index contributed by atoms with van der Waals surface area (Å²) in [5, 5.41) is 6.97. The molecule has 0 aliphatic heterocycles. The molecule has 0 atom stereocenters.